The number of hydrogen-bond donors (Lipinski definition) is 1. The average molecular weight is 432 g/mol. The lowest BCUT2D eigenvalue weighted by atomic mass is 10.3. The van der Waals surface area contributed by atoms with Gasteiger partial charge in [-0.25, -0.2) is 8.42 Å². The standard InChI is InChI=1S/C12H9BrF3NO2S3/c13-10-5-6-11(21-10)22(18,19)17-8-3-1-2-4-9(8)20-7-12(14,15)16/h1-6,17H,7H2. The van der Waals surface area contributed by atoms with Crippen molar-refractivity contribution in [3.8, 4) is 0 Å². The molecule has 0 bridgehead atoms. The minimum absolute atomic E-state index is 0.0787. The van der Waals surface area contributed by atoms with Crippen LogP contribution >= 0.6 is 39.0 Å². The van der Waals surface area contributed by atoms with Crippen LogP contribution in [0.1, 0.15) is 0 Å². The maximum Gasteiger partial charge on any atom is 0.398 e. The molecule has 120 valence electrons. The second-order valence-corrected chi connectivity index (χ2v) is 9.45. The van der Waals surface area contributed by atoms with Crippen molar-refractivity contribution in [2.45, 2.75) is 15.3 Å². The predicted molar refractivity (Wildman–Crippen MR) is 86.0 cm³/mol. The molecular weight excluding hydrogens is 423 g/mol. The first-order valence-corrected chi connectivity index (χ1v) is 9.82. The van der Waals surface area contributed by atoms with E-state index in [-0.39, 0.29) is 14.8 Å². The Bertz CT molecular complexity index is 759. The lowest BCUT2D eigenvalue weighted by Crippen LogP contribution is -2.13. The van der Waals surface area contributed by atoms with Crippen LogP contribution in [0.15, 0.2) is 49.3 Å². The molecule has 0 aliphatic rings. The van der Waals surface area contributed by atoms with E-state index in [2.05, 4.69) is 20.7 Å². The number of nitrogens with one attached hydrogen (secondary N) is 1. The van der Waals surface area contributed by atoms with Gasteiger partial charge < -0.3 is 0 Å². The third kappa shape index (κ3) is 4.90. The van der Waals surface area contributed by atoms with Crippen LogP contribution in [0, 0.1) is 0 Å². The largest absolute Gasteiger partial charge is 0.398 e. The molecule has 0 unspecified atom stereocenters. The van der Waals surface area contributed by atoms with Crippen molar-refractivity contribution >= 4 is 54.7 Å². The Morgan fingerprint density at radius 2 is 1.86 bits per heavy atom. The van der Waals surface area contributed by atoms with Crippen LogP contribution in [0.25, 0.3) is 0 Å². The topological polar surface area (TPSA) is 46.2 Å². The van der Waals surface area contributed by atoms with E-state index < -0.39 is 22.0 Å². The molecule has 0 aliphatic heterocycles. The third-order valence-electron chi connectivity index (χ3n) is 2.34. The second-order valence-electron chi connectivity index (χ2n) is 4.06. The molecular formula is C12H9BrF3NO2S3. The Balaban J connectivity index is 2.23. The van der Waals surface area contributed by atoms with Crippen molar-refractivity contribution in [3.63, 3.8) is 0 Å². The number of para-hydroxylation sites is 1. The lowest BCUT2D eigenvalue weighted by molar-refractivity contribution is -0.105. The first kappa shape index (κ1) is 17.6. The van der Waals surface area contributed by atoms with Gasteiger partial charge in [-0.3, -0.25) is 4.72 Å². The molecule has 0 saturated carbocycles. The van der Waals surface area contributed by atoms with Crippen LogP contribution in [0.4, 0.5) is 18.9 Å². The van der Waals surface area contributed by atoms with Crippen molar-refractivity contribution < 1.29 is 21.6 Å². The van der Waals surface area contributed by atoms with Crippen molar-refractivity contribution in [2.24, 2.45) is 0 Å². The van der Waals surface area contributed by atoms with E-state index in [1.807, 2.05) is 0 Å². The van der Waals surface area contributed by atoms with Crippen molar-refractivity contribution in [1.82, 2.24) is 0 Å². The fourth-order valence-electron chi connectivity index (χ4n) is 1.47. The molecule has 1 aromatic carbocycles. The van der Waals surface area contributed by atoms with E-state index >= 15 is 0 Å². The zero-order chi connectivity index (χ0) is 16.4. The van der Waals surface area contributed by atoms with Gasteiger partial charge in [0.05, 0.1) is 15.2 Å². The Morgan fingerprint density at radius 3 is 2.45 bits per heavy atom. The molecule has 0 spiro atoms. The van der Waals surface area contributed by atoms with Crippen molar-refractivity contribution in [3.05, 3.63) is 40.2 Å². The van der Waals surface area contributed by atoms with Gasteiger partial charge in [-0.1, -0.05) is 12.1 Å². The minimum Gasteiger partial charge on any atom is -0.278 e. The van der Waals surface area contributed by atoms with E-state index in [0.29, 0.717) is 15.5 Å². The number of benzene rings is 1. The molecule has 0 aliphatic carbocycles. The molecule has 1 aromatic heterocycles. The maximum absolute atomic E-state index is 12.3. The van der Waals surface area contributed by atoms with Gasteiger partial charge >= 0.3 is 6.18 Å². The molecule has 10 heteroatoms. The van der Waals surface area contributed by atoms with Crippen LogP contribution in [0.3, 0.4) is 0 Å². The first-order valence-electron chi connectivity index (χ1n) is 5.74. The van der Waals surface area contributed by atoms with Gasteiger partial charge in [0.25, 0.3) is 10.0 Å². The summed E-state index contributed by atoms with van der Waals surface area (Å²) in [4.78, 5) is 0.221. The van der Waals surface area contributed by atoms with Gasteiger partial charge in [-0.15, -0.1) is 23.1 Å². The fraction of sp³-hybridized carbons (Fsp3) is 0.167. The number of sulfonamides is 1. The molecule has 0 fully saturated rings. The van der Waals surface area contributed by atoms with Gasteiger partial charge in [-0.2, -0.15) is 13.2 Å². The summed E-state index contributed by atoms with van der Waals surface area (Å²) in [6.45, 7) is 0. The monoisotopic (exact) mass is 431 g/mol. The zero-order valence-corrected chi connectivity index (χ0v) is 14.8. The van der Waals surface area contributed by atoms with Crippen LogP contribution in [0.5, 0.6) is 0 Å². The van der Waals surface area contributed by atoms with Gasteiger partial charge in [0.15, 0.2) is 0 Å². The van der Waals surface area contributed by atoms with E-state index in [1.54, 1.807) is 18.2 Å². The van der Waals surface area contributed by atoms with E-state index in [1.165, 1.54) is 18.2 Å². The van der Waals surface area contributed by atoms with Gasteiger partial charge in [-0.05, 0) is 40.2 Å². The summed E-state index contributed by atoms with van der Waals surface area (Å²) in [7, 11) is -3.82. The van der Waals surface area contributed by atoms with Crippen LogP contribution in [-0.4, -0.2) is 20.3 Å². The predicted octanol–water partition coefficient (Wildman–Crippen LogP) is 4.97. The summed E-state index contributed by atoms with van der Waals surface area (Å²) >= 11 is 4.72. The summed E-state index contributed by atoms with van der Waals surface area (Å²) in [5.41, 5.74) is 0.126. The van der Waals surface area contributed by atoms with E-state index in [0.717, 1.165) is 11.3 Å². The Morgan fingerprint density at radius 1 is 1.18 bits per heavy atom. The molecule has 0 amide bonds. The normalized spacial score (nSPS) is 12.4. The summed E-state index contributed by atoms with van der Waals surface area (Å²) in [6, 6.07) is 8.99. The maximum atomic E-state index is 12.3. The molecule has 0 saturated heterocycles. The Hall–Kier alpha value is -0.710. The lowest BCUT2D eigenvalue weighted by Gasteiger charge is -2.12. The molecule has 3 nitrogen and oxygen atoms in total. The molecule has 1 N–H and O–H groups in total. The summed E-state index contributed by atoms with van der Waals surface area (Å²) < 4.78 is 64.4. The fourth-order valence-corrected chi connectivity index (χ4v) is 5.40. The highest BCUT2D eigenvalue weighted by molar-refractivity contribution is 9.11. The van der Waals surface area contributed by atoms with E-state index in [9.17, 15) is 21.6 Å². The van der Waals surface area contributed by atoms with Crippen LogP contribution < -0.4 is 4.72 Å². The summed E-state index contributed by atoms with van der Waals surface area (Å²) in [5.74, 6) is -1.09. The molecule has 2 rings (SSSR count). The highest BCUT2D eigenvalue weighted by Crippen LogP contribution is 2.34. The van der Waals surface area contributed by atoms with Crippen LogP contribution in [-0.2, 0) is 10.0 Å². The zero-order valence-electron chi connectivity index (χ0n) is 10.7. The van der Waals surface area contributed by atoms with E-state index in [4.69, 9.17) is 0 Å². The number of alkyl halides is 3. The molecule has 22 heavy (non-hydrogen) atoms. The quantitative estimate of drug-likeness (QED) is 0.679. The van der Waals surface area contributed by atoms with Crippen molar-refractivity contribution in [1.29, 1.82) is 0 Å². The number of rotatable bonds is 5. The van der Waals surface area contributed by atoms with Gasteiger partial charge in [0, 0.05) is 4.90 Å². The third-order valence-corrected chi connectivity index (χ3v) is 6.96. The highest BCUT2D eigenvalue weighted by atomic mass is 79.9. The molecule has 0 radical (unpaired) electrons. The molecule has 2 aromatic rings. The Labute approximate surface area is 142 Å². The number of halogens is 4. The number of thiophene rings is 1. The smallest absolute Gasteiger partial charge is 0.278 e. The van der Waals surface area contributed by atoms with Gasteiger partial charge in [0.2, 0.25) is 0 Å². The number of hydrogen-bond acceptors (Lipinski definition) is 4. The SMILES string of the molecule is O=S(=O)(Nc1ccccc1SCC(F)(F)F)c1ccc(Br)s1. The van der Waals surface area contributed by atoms with Crippen molar-refractivity contribution in [2.75, 3.05) is 10.5 Å². The first-order chi connectivity index (χ1) is 10.2. The second kappa shape index (κ2) is 6.81. The molecule has 0 atom stereocenters. The molecule has 1 heterocycles. The van der Waals surface area contributed by atoms with Gasteiger partial charge in [0.1, 0.15) is 4.21 Å². The highest BCUT2D eigenvalue weighted by Gasteiger charge is 2.28. The summed E-state index contributed by atoms with van der Waals surface area (Å²) in [6.07, 6.45) is -4.32. The Kier molecular flexibility index (Phi) is 5.46. The summed E-state index contributed by atoms with van der Waals surface area (Å²) in [5, 5.41) is 0. The number of thioether (sulfide) groups is 1. The van der Waals surface area contributed by atoms with Crippen LogP contribution in [0.2, 0.25) is 0 Å². The average Bonchev–Trinajstić information content (AvgIpc) is 2.84. The number of anilines is 1. The minimum atomic E-state index is -4.32.